The molecular formula is C12H8F2N2O2S. The topological polar surface area (TPSA) is 58.2 Å². The molecular weight excluding hydrogens is 274 g/mol. The number of carbonyl (C=O) groups excluding carboxylic acids is 2. The number of benzene rings is 1. The average Bonchev–Trinajstić information content (AvgIpc) is 2.89. The summed E-state index contributed by atoms with van der Waals surface area (Å²) in [6, 6.07) is 5.80. The molecule has 0 bridgehead atoms. The van der Waals surface area contributed by atoms with Gasteiger partial charge >= 0.3 is 0 Å². The van der Waals surface area contributed by atoms with Gasteiger partial charge in [0.05, 0.1) is 10.4 Å². The van der Waals surface area contributed by atoms with Gasteiger partial charge in [-0.1, -0.05) is 6.07 Å². The van der Waals surface area contributed by atoms with Crippen LogP contribution in [-0.2, 0) is 0 Å². The predicted octanol–water partition coefficient (Wildman–Crippen LogP) is 2.10. The molecule has 0 fully saturated rings. The number of hydrogen-bond donors (Lipinski definition) is 2. The van der Waals surface area contributed by atoms with E-state index in [-0.39, 0.29) is 5.56 Å². The van der Waals surface area contributed by atoms with Crippen LogP contribution in [0.15, 0.2) is 35.7 Å². The van der Waals surface area contributed by atoms with Gasteiger partial charge in [0.2, 0.25) is 0 Å². The zero-order valence-electron chi connectivity index (χ0n) is 9.44. The van der Waals surface area contributed by atoms with E-state index in [0.29, 0.717) is 10.9 Å². The lowest BCUT2D eigenvalue weighted by Gasteiger charge is -2.06. The van der Waals surface area contributed by atoms with Crippen molar-refractivity contribution in [3.8, 4) is 0 Å². The molecule has 0 saturated carbocycles. The van der Waals surface area contributed by atoms with Crippen molar-refractivity contribution >= 4 is 23.2 Å². The van der Waals surface area contributed by atoms with E-state index < -0.39 is 23.4 Å². The van der Waals surface area contributed by atoms with Crippen LogP contribution in [-0.4, -0.2) is 11.8 Å². The number of hydrazine groups is 1. The molecule has 0 atom stereocenters. The second kappa shape index (κ2) is 5.57. The second-order valence-electron chi connectivity index (χ2n) is 3.51. The van der Waals surface area contributed by atoms with Crippen molar-refractivity contribution in [2.24, 2.45) is 0 Å². The average molecular weight is 282 g/mol. The van der Waals surface area contributed by atoms with Crippen molar-refractivity contribution in [3.63, 3.8) is 0 Å². The van der Waals surface area contributed by atoms with Crippen molar-refractivity contribution in [1.82, 2.24) is 10.9 Å². The number of halogens is 2. The lowest BCUT2D eigenvalue weighted by Crippen LogP contribution is -2.41. The zero-order chi connectivity index (χ0) is 13.8. The van der Waals surface area contributed by atoms with Crippen molar-refractivity contribution in [2.75, 3.05) is 0 Å². The Bertz CT molecular complexity index is 614. The van der Waals surface area contributed by atoms with Gasteiger partial charge in [-0.3, -0.25) is 20.4 Å². The van der Waals surface area contributed by atoms with Gasteiger partial charge in [0.1, 0.15) is 11.6 Å². The van der Waals surface area contributed by atoms with Crippen LogP contribution in [0.25, 0.3) is 0 Å². The molecule has 0 saturated heterocycles. The Labute approximate surface area is 111 Å². The highest BCUT2D eigenvalue weighted by Crippen LogP contribution is 2.09. The highest BCUT2D eigenvalue weighted by molar-refractivity contribution is 7.12. The van der Waals surface area contributed by atoms with Gasteiger partial charge in [-0.05, 0) is 23.6 Å². The van der Waals surface area contributed by atoms with Crippen LogP contribution in [0.3, 0.4) is 0 Å². The minimum absolute atomic E-state index is 0.354. The summed E-state index contributed by atoms with van der Waals surface area (Å²) in [5.41, 5.74) is 3.84. The minimum atomic E-state index is -0.997. The highest BCUT2D eigenvalue weighted by Gasteiger charge is 2.13. The molecule has 2 N–H and O–H groups in total. The van der Waals surface area contributed by atoms with Gasteiger partial charge in [-0.25, -0.2) is 8.78 Å². The van der Waals surface area contributed by atoms with E-state index in [1.54, 1.807) is 17.5 Å². The lowest BCUT2D eigenvalue weighted by atomic mass is 10.2. The molecule has 1 aromatic heterocycles. The third kappa shape index (κ3) is 3.14. The molecule has 0 aliphatic heterocycles. The van der Waals surface area contributed by atoms with Gasteiger partial charge in [0, 0.05) is 6.07 Å². The van der Waals surface area contributed by atoms with Crippen LogP contribution in [0.5, 0.6) is 0 Å². The molecule has 19 heavy (non-hydrogen) atoms. The van der Waals surface area contributed by atoms with Crippen molar-refractivity contribution < 1.29 is 18.4 Å². The van der Waals surface area contributed by atoms with Gasteiger partial charge in [-0.15, -0.1) is 11.3 Å². The summed E-state index contributed by atoms with van der Waals surface area (Å²) < 4.78 is 26.0. The van der Waals surface area contributed by atoms with Gasteiger partial charge in [0.25, 0.3) is 11.8 Å². The first kappa shape index (κ1) is 13.2. The molecule has 0 aliphatic rings. The SMILES string of the molecule is O=C(NNC(=O)c1ccc(F)cc1F)c1cccs1. The monoisotopic (exact) mass is 282 g/mol. The molecule has 0 aliphatic carbocycles. The molecule has 2 rings (SSSR count). The molecule has 2 aromatic rings. The Morgan fingerprint density at radius 1 is 1.05 bits per heavy atom. The minimum Gasteiger partial charge on any atom is -0.267 e. The summed E-state index contributed by atoms with van der Waals surface area (Å²) in [7, 11) is 0. The van der Waals surface area contributed by atoms with Crippen LogP contribution in [0.1, 0.15) is 20.0 Å². The highest BCUT2D eigenvalue weighted by atomic mass is 32.1. The molecule has 0 spiro atoms. The number of carbonyl (C=O) groups is 2. The van der Waals surface area contributed by atoms with Gasteiger partial charge in [-0.2, -0.15) is 0 Å². The fourth-order valence-corrected chi connectivity index (χ4v) is 1.94. The van der Waals surface area contributed by atoms with E-state index in [9.17, 15) is 18.4 Å². The first-order valence-electron chi connectivity index (χ1n) is 5.17. The number of thiophene rings is 1. The summed E-state index contributed by atoms with van der Waals surface area (Å²) in [5, 5.41) is 1.70. The fourth-order valence-electron chi connectivity index (χ4n) is 1.32. The van der Waals surface area contributed by atoms with E-state index in [0.717, 1.165) is 12.1 Å². The van der Waals surface area contributed by atoms with E-state index >= 15 is 0 Å². The summed E-state index contributed by atoms with van der Waals surface area (Å²) in [6.07, 6.45) is 0. The summed E-state index contributed by atoms with van der Waals surface area (Å²) >= 11 is 1.20. The maximum atomic E-state index is 13.3. The second-order valence-corrected chi connectivity index (χ2v) is 4.46. The Balaban J connectivity index is 2.00. The molecule has 98 valence electrons. The third-order valence-corrected chi connectivity index (χ3v) is 3.08. The number of nitrogens with one attached hydrogen (secondary N) is 2. The first-order chi connectivity index (χ1) is 9.08. The smallest absolute Gasteiger partial charge is 0.267 e. The predicted molar refractivity (Wildman–Crippen MR) is 65.6 cm³/mol. The molecule has 1 aromatic carbocycles. The molecule has 0 unspecified atom stereocenters. The Morgan fingerprint density at radius 3 is 2.42 bits per heavy atom. The third-order valence-electron chi connectivity index (χ3n) is 2.21. The van der Waals surface area contributed by atoms with E-state index in [2.05, 4.69) is 10.9 Å². The maximum Gasteiger partial charge on any atom is 0.279 e. The fraction of sp³-hybridized carbons (Fsp3) is 0. The standard InChI is InChI=1S/C12H8F2N2O2S/c13-7-3-4-8(9(14)6-7)11(17)15-16-12(18)10-2-1-5-19-10/h1-6H,(H,15,17)(H,16,18). The summed E-state index contributed by atoms with van der Waals surface area (Å²) in [4.78, 5) is 23.5. The number of amides is 2. The van der Waals surface area contributed by atoms with Gasteiger partial charge in [0.15, 0.2) is 0 Å². The molecule has 1 heterocycles. The quantitative estimate of drug-likeness (QED) is 0.829. The van der Waals surface area contributed by atoms with Gasteiger partial charge < -0.3 is 0 Å². The molecule has 4 nitrogen and oxygen atoms in total. The number of rotatable bonds is 2. The summed E-state index contributed by atoms with van der Waals surface area (Å²) in [5.74, 6) is -3.15. The summed E-state index contributed by atoms with van der Waals surface area (Å²) in [6.45, 7) is 0. The van der Waals surface area contributed by atoms with E-state index in [1.807, 2.05) is 0 Å². The van der Waals surface area contributed by atoms with E-state index in [1.165, 1.54) is 11.3 Å². The lowest BCUT2D eigenvalue weighted by molar-refractivity contribution is 0.0846. The normalized spacial score (nSPS) is 10.0. The molecule has 2 amide bonds. The first-order valence-corrected chi connectivity index (χ1v) is 6.05. The zero-order valence-corrected chi connectivity index (χ0v) is 10.3. The van der Waals surface area contributed by atoms with Crippen LogP contribution in [0, 0.1) is 11.6 Å². The Kier molecular flexibility index (Phi) is 3.86. The van der Waals surface area contributed by atoms with Crippen LogP contribution in [0.4, 0.5) is 8.78 Å². The molecule has 0 radical (unpaired) electrons. The van der Waals surface area contributed by atoms with Crippen molar-refractivity contribution in [3.05, 3.63) is 57.8 Å². The van der Waals surface area contributed by atoms with Crippen molar-refractivity contribution in [2.45, 2.75) is 0 Å². The van der Waals surface area contributed by atoms with Crippen molar-refractivity contribution in [1.29, 1.82) is 0 Å². The van der Waals surface area contributed by atoms with E-state index in [4.69, 9.17) is 0 Å². The Hall–Kier alpha value is -2.28. The largest absolute Gasteiger partial charge is 0.279 e. The number of hydrogen-bond acceptors (Lipinski definition) is 3. The van der Waals surface area contributed by atoms with Crippen LogP contribution in [0.2, 0.25) is 0 Å². The van der Waals surface area contributed by atoms with Crippen LogP contribution < -0.4 is 10.9 Å². The van der Waals surface area contributed by atoms with Crippen LogP contribution >= 0.6 is 11.3 Å². The Morgan fingerprint density at radius 2 is 1.79 bits per heavy atom. The molecule has 7 heteroatoms. The maximum absolute atomic E-state index is 13.3.